The Bertz CT molecular complexity index is 1250. The van der Waals surface area contributed by atoms with E-state index in [-0.39, 0.29) is 53.4 Å². The smallest absolute Gasteiger partial charge is 0.234 e. The number of primary amides is 1. The lowest BCUT2D eigenvalue weighted by Crippen LogP contribution is -2.49. The minimum absolute atomic E-state index is 0.0271. The van der Waals surface area contributed by atoms with Crippen molar-refractivity contribution in [1.82, 2.24) is 20.1 Å². The van der Waals surface area contributed by atoms with Gasteiger partial charge in [0, 0.05) is 47.9 Å². The van der Waals surface area contributed by atoms with Gasteiger partial charge in [-0.05, 0) is 75.3 Å². The van der Waals surface area contributed by atoms with E-state index in [1.54, 1.807) is 13.1 Å². The number of hydrogen-bond acceptors (Lipinski definition) is 4. The number of carbonyl (C=O) groups is 3. The molecular weight excluding hydrogens is 497 g/mol. The minimum Gasteiger partial charge on any atom is -0.368 e. The fourth-order valence-corrected chi connectivity index (χ4v) is 7.74. The van der Waals surface area contributed by atoms with E-state index in [9.17, 15) is 18.8 Å². The van der Waals surface area contributed by atoms with Crippen LogP contribution in [-0.4, -0.2) is 70.8 Å². The third-order valence-corrected chi connectivity index (χ3v) is 9.91. The number of nitrogens with two attached hydrogens (primary N) is 1. The molecule has 3 heterocycles. The third-order valence-electron chi connectivity index (χ3n) is 9.91. The predicted octanol–water partition coefficient (Wildman–Crippen LogP) is 3.27. The molecule has 4 N–H and O–H groups in total. The minimum atomic E-state index is -0.560. The van der Waals surface area contributed by atoms with E-state index < -0.39 is 11.9 Å². The van der Waals surface area contributed by atoms with Crippen LogP contribution in [0.3, 0.4) is 0 Å². The first-order valence-corrected chi connectivity index (χ1v) is 14.7. The predicted molar refractivity (Wildman–Crippen MR) is 146 cm³/mol. The summed E-state index contributed by atoms with van der Waals surface area (Å²) in [5.41, 5.74) is 7.46. The molecule has 0 spiro atoms. The molecule has 2 saturated carbocycles. The fraction of sp³-hybridized carbons (Fsp3) is 0.633. The number of halogens is 1. The van der Waals surface area contributed by atoms with Crippen LogP contribution in [-0.2, 0) is 14.4 Å². The van der Waals surface area contributed by atoms with Crippen molar-refractivity contribution in [3.63, 3.8) is 0 Å². The zero-order valence-electron chi connectivity index (χ0n) is 22.7. The lowest BCUT2D eigenvalue weighted by atomic mass is 9.76. The van der Waals surface area contributed by atoms with E-state index in [0.717, 1.165) is 61.4 Å². The summed E-state index contributed by atoms with van der Waals surface area (Å²) in [4.78, 5) is 47.4. The molecule has 5 unspecified atom stereocenters. The Hall–Kier alpha value is -2.94. The zero-order chi connectivity index (χ0) is 27.3. The normalized spacial score (nSPS) is 27.1. The highest BCUT2D eigenvalue weighted by Crippen LogP contribution is 2.46. The van der Waals surface area contributed by atoms with Crippen LogP contribution in [0.4, 0.5) is 4.39 Å². The van der Waals surface area contributed by atoms with Gasteiger partial charge in [0.1, 0.15) is 5.82 Å². The number of nitrogens with one attached hydrogen (secondary N) is 2. The molecule has 2 aliphatic carbocycles. The van der Waals surface area contributed by atoms with Crippen molar-refractivity contribution in [2.45, 2.75) is 81.8 Å². The van der Waals surface area contributed by atoms with Crippen LogP contribution >= 0.6 is 0 Å². The van der Waals surface area contributed by atoms with Crippen molar-refractivity contribution in [2.75, 3.05) is 20.1 Å². The number of likely N-dealkylation sites (N-methyl/N-ethyl adjacent to an activating group) is 1. The molecule has 210 valence electrons. The molecular formula is C30H40FN5O3. The van der Waals surface area contributed by atoms with E-state index in [2.05, 4.69) is 10.3 Å². The largest absolute Gasteiger partial charge is 0.368 e. The Morgan fingerprint density at radius 2 is 1.87 bits per heavy atom. The molecule has 6 rings (SSSR count). The summed E-state index contributed by atoms with van der Waals surface area (Å²) < 4.78 is 14.0. The average Bonchev–Trinajstić information content (AvgIpc) is 3.40. The van der Waals surface area contributed by atoms with Crippen molar-refractivity contribution in [3.05, 3.63) is 35.8 Å². The molecule has 8 nitrogen and oxygen atoms in total. The maximum Gasteiger partial charge on any atom is 0.234 e. The van der Waals surface area contributed by atoms with Crippen molar-refractivity contribution < 1.29 is 18.8 Å². The molecule has 9 heteroatoms. The first kappa shape index (κ1) is 26.3. The molecule has 1 aromatic carbocycles. The molecule has 2 saturated heterocycles. The molecule has 0 bridgehead atoms. The number of benzene rings is 1. The highest BCUT2D eigenvalue weighted by molar-refractivity contribution is 5.87. The van der Waals surface area contributed by atoms with E-state index in [1.807, 2.05) is 16.0 Å². The van der Waals surface area contributed by atoms with E-state index >= 15 is 0 Å². The van der Waals surface area contributed by atoms with E-state index in [1.165, 1.54) is 18.6 Å². The Morgan fingerprint density at radius 1 is 1.10 bits per heavy atom. The van der Waals surface area contributed by atoms with Crippen molar-refractivity contribution in [2.24, 2.45) is 23.5 Å². The number of aromatic amines is 1. The van der Waals surface area contributed by atoms with Crippen LogP contribution in [0.15, 0.2) is 24.4 Å². The second kappa shape index (κ2) is 10.6. The molecule has 2 aliphatic heterocycles. The monoisotopic (exact) mass is 537 g/mol. The van der Waals surface area contributed by atoms with Gasteiger partial charge in [0.15, 0.2) is 0 Å². The van der Waals surface area contributed by atoms with Crippen LogP contribution < -0.4 is 11.1 Å². The number of hydrogen-bond donors (Lipinski definition) is 3. The molecule has 39 heavy (non-hydrogen) atoms. The molecule has 3 amide bonds. The second-order valence-corrected chi connectivity index (χ2v) is 12.2. The van der Waals surface area contributed by atoms with Gasteiger partial charge in [0.05, 0.1) is 18.1 Å². The average molecular weight is 538 g/mol. The highest BCUT2D eigenvalue weighted by atomic mass is 19.1. The van der Waals surface area contributed by atoms with Gasteiger partial charge in [-0.15, -0.1) is 0 Å². The van der Waals surface area contributed by atoms with Gasteiger partial charge >= 0.3 is 0 Å². The number of rotatable bonds is 8. The number of fused-ring (bicyclic) bond motifs is 2. The van der Waals surface area contributed by atoms with Crippen molar-refractivity contribution in [3.8, 4) is 0 Å². The van der Waals surface area contributed by atoms with Crippen LogP contribution in [0.2, 0.25) is 0 Å². The first-order valence-electron chi connectivity index (χ1n) is 14.7. The third kappa shape index (κ3) is 4.83. The topological polar surface area (TPSA) is 112 Å². The fourth-order valence-electron chi connectivity index (χ4n) is 7.74. The summed E-state index contributed by atoms with van der Waals surface area (Å²) in [7, 11) is 1.72. The number of aromatic nitrogens is 1. The van der Waals surface area contributed by atoms with Gasteiger partial charge in [0.2, 0.25) is 17.7 Å². The summed E-state index contributed by atoms with van der Waals surface area (Å²) in [6, 6.07) is 4.04. The highest BCUT2D eigenvalue weighted by Gasteiger charge is 2.55. The number of amides is 3. The maximum atomic E-state index is 14.5. The Kier molecular flexibility index (Phi) is 7.12. The maximum absolute atomic E-state index is 14.5. The van der Waals surface area contributed by atoms with E-state index in [0.29, 0.717) is 19.5 Å². The lowest BCUT2D eigenvalue weighted by Gasteiger charge is -2.37. The lowest BCUT2D eigenvalue weighted by molar-refractivity contribution is -0.140. The molecule has 4 aliphatic rings. The molecule has 1 aromatic heterocycles. The number of carbonyl (C=O) groups excluding carboxylic acids is 3. The van der Waals surface area contributed by atoms with Crippen LogP contribution in [0.25, 0.3) is 10.9 Å². The molecule has 4 fully saturated rings. The van der Waals surface area contributed by atoms with Gasteiger partial charge in [-0.1, -0.05) is 19.3 Å². The second-order valence-electron chi connectivity index (χ2n) is 12.2. The summed E-state index contributed by atoms with van der Waals surface area (Å²) in [5.74, 6) is -0.461. The first-order chi connectivity index (χ1) is 18.9. The Labute approximate surface area is 228 Å². The van der Waals surface area contributed by atoms with Crippen molar-refractivity contribution in [1.29, 1.82) is 0 Å². The van der Waals surface area contributed by atoms with Gasteiger partial charge in [0.25, 0.3) is 0 Å². The van der Waals surface area contributed by atoms with Gasteiger partial charge < -0.3 is 25.8 Å². The summed E-state index contributed by atoms with van der Waals surface area (Å²) in [6.07, 6.45) is 10.3. The van der Waals surface area contributed by atoms with Gasteiger partial charge in [-0.2, -0.15) is 0 Å². The van der Waals surface area contributed by atoms with Crippen LogP contribution in [0.5, 0.6) is 0 Å². The molecule has 5 atom stereocenters. The SMILES string of the molecule is CNC(CC(C(=O)N1CCC2C1C(c1c[nH]c3cc(F)ccc13)CN2C(=O)C1CC1)C1CCCCC1)C(N)=O. The molecule has 0 radical (unpaired) electrons. The zero-order valence-corrected chi connectivity index (χ0v) is 22.7. The number of H-pyrrole nitrogens is 1. The summed E-state index contributed by atoms with van der Waals surface area (Å²) >= 11 is 0. The van der Waals surface area contributed by atoms with Gasteiger partial charge in [-0.3, -0.25) is 14.4 Å². The van der Waals surface area contributed by atoms with Crippen LogP contribution in [0.1, 0.15) is 69.3 Å². The van der Waals surface area contributed by atoms with Crippen LogP contribution in [0, 0.1) is 23.6 Å². The quantitative estimate of drug-likeness (QED) is 0.480. The van der Waals surface area contributed by atoms with E-state index in [4.69, 9.17) is 5.73 Å². The molecule has 2 aromatic rings. The summed E-state index contributed by atoms with van der Waals surface area (Å²) in [6.45, 7) is 1.16. The van der Waals surface area contributed by atoms with Gasteiger partial charge in [-0.25, -0.2) is 4.39 Å². The van der Waals surface area contributed by atoms with Crippen molar-refractivity contribution >= 4 is 28.6 Å². The summed E-state index contributed by atoms with van der Waals surface area (Å²) in [5, 5.41) is 3.97. The number of nitrogens with zero attached hydrogens (tertiary/aromatic N) is 2. The standard InChI is InChI=1S/C30H40FN5O3/c1-33-25(28(32)37)14-21(17-5-3-2-4-6-17)30(39)35-12-11-26-27(35)23(16-36(26)29(38)18-7-8-18)22-15-34-24-13-19(31)9-10-20(22)24/h9-10,13,15,17-18,21,23,25-27,33-34H,2-8,11-12,14,16H2,1H3,(H2,32,37). The Morgan fingerprint density at radius 3 is 2.56 bits per heavy atom. The Balaban J connectivity index is 1.35. The number of likely N-dealkylation sites (tertiary alicyclic amines) is 2.